The molecule has 42 heavy (non-hydrogen) atoms. The predicted octanol–water partition coefficient (Wildman–Crippen LogP) is 5.54. The Morgan fingerprint density at radius 3 is 2.69 bits per heavy atom. The van der Waals surface area contributed by atoms with E-state index in [-0.39, 0.29) is 17.4 Å². The highest BCUT2D eigenvalue weighted by Crippen LogP contribution is 2.43. The fourth-order valence-electron chi connectivity index (χ4n) is 5.51. The number of likely N-dealkylation sites (tertiary alicyclic amines) is 1. The maximum atomic E-state index is 13.6. The van der Waals surface area contributed by atoms with Crippen LogP contribution < -0.4 is 14.2 Å². The molecule has 0 unspecified atom stereocenters. The molecule has 0 radical (unpaired) electrons. The molecule has 1 fully saturated rings. The van der Waals surface area contributed by atoms with Crippen molar-refractivity contribution >= 4 is 17.4 Å². The van der Waals surface area contributed by atoms with Crippen LogP contribution in [0.25, 0.3) is 5.76 Å². The van der Waals surface area contributed by atoms with E-state index in [2.05, 4.69) is 18.8 Å². The molecule has 2 aliphatic heterocycles. The molecule has 1 saturated heterocycles. The summed E-state index contributed by atoms with van der Waals surface area (Å²) in [7, 11) is 0. The molecule has 2 aromatic carbocycles. The molecule has 2 atom stereocenters. The number of ether oxygens (including phenoxy) is 3. The number of imidazole rings is 1. The van der Waals surface area contributed by atoms with Gasteiger partial charge in [0.25, 0.3) is 11.7 Å². The summed E-state index contributed by atoms with van der Waals surface area (Å²) in [6.45, 7) is 10.1. The summed E-state index contributed by atoms with van der Waals surface area (Å²) in [5.41, 5.74) is 2.16. The van der Waals surface area contributed by atoms with Crippen molar-refractivity contribution < 1.29 is 28.9 Å². The number of amides is 1. The molecule has 0 spiro atoms. The number of aromatic nitrogens is 2. The number of fused-ring (bicyclic) bond motifs is 1. The zero-order valence-electron chi connectivity index (χ0n) is 24.7. The summed E-state index contributed by atoms with van der Waals surface area (Å²) in [5.74, 6) is 0.854. The molecule has 0 saturated carbocycles. The molecule has 1 aromatic heterocycles. The Morgan fingerprint density at radius 2 is 1.95 bits per heavy atom. The minimum atomic E-state index is -0.792. The van der Waals surface area contributed by atoms with E-state index in [0.717, 1.165) is 17.7 Å². The first kappa shape index (κ1) is 29.2. The summed E-state index contributed by atoms with van der Waals surface area (Å²) in [5, 5.41) is 11.6. The second-order valence-electron chi connectivity index (χ2n) is 11.3. The van der Waals surface area contributed by atoms with Crippen molar-refractivity contribution in [1.82, 2.24) is 14.5 Å². The van der Waals surface area contributed by atoms with E-state index in [1.54, 1.807) is 29.6 Å². The van der Waals surface area contributed by atoms with Gasteiger partial charge in [0.05, 0.1) is 31.2 Å². The van der Waals surface area contributed by atoms with Crippen molar-refractivity contribution in [2.24, 2.45) is 5.92 Å². The fraction of sp³-hybridized carbons (Fsp3) is 0.424. The Bertz CT molecular complexity index is 1460. The van der Waals surface area contributed by atoms with Crippen molar-refractivity contribution in [2.75, 3.05) is 19.8 Å². The number of carbonyl (C=O) groups is 2. The molecular weight excluding hydrogens is 534 g/mol. The van der Waals surface area contributed by atoms with Crippen molar-refractivity contribution in [3.8, 4) is 17.2 Å². The molecule has 1 amide bonds. The van der Waals surface area contributed by atoms with E-state index >= 15 is 0 Å². The van der Waals surface area contributed by atoms with Gasteiger partial charge in [-0.1, -0.05) is 19.9 Å². The molecule has 0 bridgehead atoms. The topological polar surface area (TPSA) is 103 Å². The third-order valence-electron chi connectivity index (χ3n) is 7.62. The highest BCUT2D eigenvalue weighted by molar-refractivity contribution is 6.46. The molecule has 9 nitrogen and oxygen atoms in total. The number of hydrogen-bond acceptors (Lipinski definition) is 7. The smallest absolute Gasteiger partial charge is 0.295 e. The Balaban J connectivity index is 1.53. The molecule has 9 heteroatoms. The van der Waals surface area contributed by atoms with Gasteiger partial charge in [0.2, 0.25) is 0 Å². The summed E-state index contributed by atoms with van der Waals surface area (Å²) in [4.78, 5) is 32.7. The largest absolute Gasteiger partial charge is 0.507 e. The Morgan fingerprint density at radius 1 is 1.12 bits per heavy atom. The van der Waals surface area contributed by atoms with Gasteiger partial charge in [0, 0.05) is 37.5 Å². The third kappa shape index (κ3) is 6.15. The number of Topliss-reactive ketones (excluding diaryl/α,β-unsaturated/α-hetero) is 1. The van der Waals surface area contributed by atoms with Gasteiger partial charge in [-0.15, -0.1) is 0 Å². The second kappa shape index (κ2) is 12.7. The van der Waals surface area contributed by atoms with Crippen LogP contribution in [0.3, 0.4) is 0 Å². The number of aryl methyl sites for hydroxylation is 1. The molecule has 5 rings (SSSR count). The molecule has 0 aliphatic carbocycles. The molecule has 222 valence electrons. The maximum absolute atomic E-state index is 13.6. The van der Waals surface area contributed by atoms with Crippen molar-refractivity contribution in [1.29, 1.82) is 0 Å². The van der Waals surface area contributed by atoms with Gasteiger partial charge in [0.1, 0.15) is 17.6 Å². The normalized spacial score (nSPS) is 19.3. The number of ketones is 1. The van der Waals surface area contributed by atoms with Crippen molar-refractivity contribution in [2.45, 2.75) is 65.6 Å². The summed E-state index contributed by atoms with van der Waals surface area (Å²) in [6.07, 6.45) is 7.52. The number of aliphatic hydroxyl groups is 1. The lowest BCUT2D eigenvalue weighted by molar-refractivity contribution is -0.139. The lowest BCUT2D eigenvalue weighted by atomic mass is 9.94. The first-order valence-corrected chi connectivity index (χ1v) is 14.7. The van der Waals surface area contributed by atoms with Gasteiger partial charge in [0.15, 0.2) is 11.5 Å². The van der Waals surface area contributed by atoms with Crippen LogP contribution in [0.1, 0.15) is 63.3 Å². The van der Waals surface area contributed by atoms with Gasteiger partial charge < -0.3 is 28.8 Å². The van der Waals surface area contributed by atoms with Crippen LogP contribution in [-0.2, 0) is 22.6 Å². The first-order valence-electron chi connectivity index (χ1n) is 14.7. The van der Waals surface area contributed by atoms with Crippen LogP contribution in [0.4, 0.5) is 0 Å². The number of rotatable bonds is 12. The minimum Gasteiger partial charge on any atom is -0.507 e. The average Bonchev–Trinajstić information content (AvgIpc) is 3.67. The van der Waals surface area contributed by atoms with Crippen LogP contribution in [0, 0.1) is 5.92 Å². The predicted molar refractivity (Wildman–Crippen MR) is 159 cm³/mol. The number of carbonyl (C=O) groups excluding carboxylic acids is 2. The van der Waals surface area contributed by atoms with E-state index in [4.69, 9.17) is 14.2 Å². The quantitative estimate of drug-likeness (QED) is 0.172. The Kier molecular flexibility index (Phi) is 8.85. The van der Waals surface area contributed by atoms with Gasteiger partial charge in [-0.25, -0.2) is 4.98 Å². The van der Waals surface area contributed by atoms with Crippen LogP contribution >= 0.6 is 0 Å². The molecule has 2 aliphatic rings. The first-order chi connectivity index (χ1) is 20.3. The van der Waals surface area contributed by atoms with Gasteiger partial charge >= 0.3 is 0 Å². The number of nitrogens with zero attached hydrogens (tertiary/aromatic N) is 3. The standard InChI is InChI=1S/C33H39N3O6/c1-5-40-28-19-23(7-10-27(28)41-16-11-21(2)3)30-29(31(37)24-8-9-26-25(18-24)17-22(4)42-26)32(38)33(39)36(30)14-6-13-35-15-12-34-20-35/h7-10,12,15,18-22,30,37H,5-6,11,13-14,16-17H2,1-4H3/b31-29+/t22-,30-/m1/s1. The zero-order chi connectivity index (χ0) is 29.8. The average molecular weight is 574 g/mol. The summed E-state index contributed by atoms with van der Waals surface area (Å²) in [6, 6.07) is 10.1. The highest BCUT2D eigenvalue weighted by Gasteiger charge is 2.46. The maximum Gasteiger partial charge on any atom is 0.295 e. The lowest BCUT2D eigenvalue weighted by Gasteiger charge is -2.26. The summed E-state index contributed by atoms with van der Waals surface area (Å²) < 4.78 is 19.7. The van der Waals surface area contributed by atoms with Gasteiger partial charge in [-0.05, 0) is 74.1 Å². The molecule has 3 aromatic rings. The second-order valence-corrected chi connectivity index (χ2v) is 11.3. The van der Waals surface area contributed by atoms with Crippen LogP contribution in [0.15, 0.2) is 60.7 Å². The van der Waals surface area contributed by atoms with E-state index in [1.807, 2.05) is 48.9 Å². The van der Waals surface area contributed by atoms with Crippen LogP contribution in [-0.4, -0.2) is 57.1 Å². The third-order valence-corrected chi connectivity index (χ3v) is 7.62. The molecule has 3 heterocycles. The van der Waals surface area contributed by atoms with Crippen molar-refractivity contribution in [3.05, 3.63) is 77.4 Å². The molecule has 1 N–H and O–H groups in total. The van der Waals surface area contributed by atoms with Crippen molar-refractivity contribution in [3.63, 3.8) is 0 Å². The number of aliphatic hydroxyl groups excluding tert-OH is 1. The zero-order valence-corrected chi connectivity index (χ0v) is 24.7. The highest BCUT2D eigenvalue weighted by atomic mass is 16.5. The molecular formula is C33H39N3O6. The van der Waals surface area contributed by atoms with Crippen LogP contribution in [0.5, 0.6) is 17.2 Å². The monoisotopic (exact) mass is 573 g/mol. The Labute approximate surface area is 246 Å². The Hall–Kier alpha value is -4.27. The van der Waals surface area contributed by atoms with Crippen LogP contribution in [0.2, 0.25) is 0 Å². The van der Waals surface area contributed by atoms with Gasteiger partial charge in [-0.3, -0.25) is 9.59 Å². The number of benzene rings is 2. The van der Waals surface area contributed by atoms with E-state index < -0.39 is 17.7 Å². The minimum absolute atomic E-state index is 0.0386. The number of hydrogen-bond donors (Lipinski definition) is 1. The van der Waals surface area contributed by atoms with E-state index in [9.17, 15) is 14.7 Å². The van der Waals surface area contributed by atoms with E-state index in [1.165, 1.54) is 0 Å². The van der Waals surface area contributed by atoms with Gasteiger partial charge in [-0.2, -0.15) is 0 Å². The van der Waals surface area contributed by atoms with E-state index in [0.29, 0.717) is 67.7 Å². The summed E-state index contributed by atoms with van der Waals surface area (Å²) >= 11 is 0. The SMILES string of the molecule is CCOc1cc([C@@H]2/C(=C(\O)c3ccc4c(c3)C[C@@H](C)O4)C(=O)C(=O)N2CCCn2ccnc2)ccc1OCCC(C)C. The fourth-order valence-corrected chi connectivity index (χ4v) is 5.51. The lowest BCUT2D eigenvalue weighted by Crippen LogP contribution is -2.31.